The van der Waals surface area contributed by atoms with Gasteiger partial charge in [0.2, 0.25) is 5.91 Å². The number of aryl methyl sites for hydroxylation is 2. The van der Waals surface area contributed by atoms with Crippen molar-refractivity contribution in [2.75, 3.05) is 38.2 Å². The van der Waals surface area contributed by atoms with E-state index in [4.69, 9.17) is 9.47 Å². The van der Waals surface area contributed by atoms with E-state index in [1.165, 1.54) is 7.11 Å². The van der Waals surface area contributed by atoms with Gasteiger partial charge in [0.1, 0.15) is 17.2 Å². The number of sulfonamides is 1. The third-order valence-electron chi connectivity index (χ3n) is 4.31. The summed E-state index contributed by atoms with van der Waals surface area (Å²) in [6.07, 6.45) is 0.644. The molecule has 1 N–H and O–H groups in total. The molecule has 0 saturated heterocycles. The normalized spacial score (nSPS) is 11.2. The summed E-state index contributed by atoms with van der Waals surface area (Å²) in [6, 6.07) is 12.0. The summed E-state index contributed by atoms with van der Waals surface area (Å²) in [7, 11) is -1.04. The molecule has 1 amide bonds. The fourth-order valence-corrected chi connectivity index (χ4v) is 4.49. The summed E-state index contributed by atoms with van der Waals surface area (Å²) in [4.78, 5) is 12.5. The number of nitrogens with zero attached hydrogens (tertiary/aromatic N) is 1. The number of methoxy groups -OCH3 is 2. The second kappa shape index (κ2) is 10.3. The lowest BCUT2D eigenvalue weighted by atomic mass is 10.2. The maximum absolute atomic E-state index is 13.5. The number of carbonyl (C=O) groups excluding carboxylic acids is 1. The van der Waals surface area contributed by atoms with Gasteiger partial charge in [-0.05, 0) is 55.7 Å². The molecule has 0 aliphatic rings. The lowest BCUT2D eigenvalue weighted by Crippen LogP contribution is -2.41. The van der Waals surface area contributed by atoms with Gasteiger partial charge in [0.25, 0.3) is 10.0 Å². The Labute approximate surface area is 172 Å². The molecule has 8 heteroatoms. The van der Waals surface area contributed by atoms with Crippen LogP contribution in [-0.2, 0) is 19.6 Å². The van der Waals surface area contributed by atoms with Gasteiger partial charge in [-0.2, -0.15) is 0 Å². The zero-order chi connectivity index (χ0) is 21.4. The smallest absolute Gasteiger partial charge is 0.268 e. The van der Waals surface area contributed by atoms with E-state index in [1.54, 1.807) is 50.4 Å². The summed E-state index contributed by atoms with van der Waals surface area (Å²) >= 11 is 0. The Morgan fingerprint density at radius 2 is 1.79 bits per heavy atom. The first-order chi connectivity index (χ1) is 13.8. The van der Waals surface area contributed by atoms with Crippen LogP contribution in [0.25, 0.3) is 0 Å². The minimum absolute atomic E-state index is 0.0219. The largest absolute Gasteiger partial charge is 0.495 e. The van der Waals surface area contributed by atoms with E-state index in [2.05, 4.69) is 5.32 Å². The van der Waals surface area contributed by atoms with Crippen molar-refractivity contribution in [1.29, 1.82) is 0 Å². The van der Waals surface area contributed by atoms with Gasteiger partial charge in [0, 0.05) is 20.3 Å². The van der Waals surface area contributed by atoms with Gasteiger partial charge in [-0.1, -0.05) is 18.2 Å². The van der Waals surface area contributed by atoms with Gasteiger partial charge in [-0.3, -0.25) is 9.10 Å². The molecule has 0 aliphatic carbocycles. The topological polar surface area (TPSA) is 84.9 Å². The average Bonchev–Trinajstić information content (AvgIpc) is 2.69. The number of ether oxygens (including phenoxy) is 2. The van der Waals surface area contributed by atoms with Crippen LogP contribution in [0, 0.1) is 13.8 Å². The van der Waals surface area contributed by atoms with Crippen LogP contribution in [0.5, 0.6) is 5.75 Å². The highest BCUT2D eigenvalue weighted by molar-refractivity contribution is 7.93. The molecule has 0 radical (unpaired) electrons. The van der Waals surface area contributed by atoms with Gasteiger partial charge in [0.15, 0.2) is 0 Å². The van der Waals surface area contributed by atoms with Gasteiger partial charge in [0.05, 0.1) is 12.8 Å². The van der Waals surface area contributed by atoms with Gasteiger partial charge < -0.3 is 14.8 Å². The fourth-order valence-electron chi connectivity index (χ4n) is 2.83. The van der Waals surface area contributed by atoms with Crippen LogP contribution in [0.15, 0.2) is 47.4 Å². The lowest BCUT2D eigenvalue weighted by Gasteiger charge is -2.25. The van der Waals surface area contributed by atoms with Crippen LogP contribution in [-0.4, -0.2) is 48.2 Å². The molecule has 7 nitrogen and oxygen atoms in total. The summed E-state index contributed by atoms with van der Waals surface area (Å²) in [6.45, 7) is 4.25. The standard InChI is InChI=1S/C21H28N2O5S/c1-16-7-5-8-18(13-16)23(15-21(24)22-11-6-12-27-3)29(25,26)20-14-17(2)9-10-19(20)28-4/h5,7-10,13-14H,6,11-12,15H2,1-4H3,(H,22,24). The molecule has 2 aromatic carbocycles. The number of nitrogens with one attached hydrogen (secondary N) is 1. The van der Waals surface area contributed by atoms with Crippen molar-refractivity contribution in [3.05, 3.63) is 53.6 Å². The van der Waals surface area contributed by atoms with E-state index >= 15 is 0 Å². The summed E-state index contributed by atoms with van der Waals surface area (Å²) in [5, 5.41) is 2.74. The number of hydrogen-bond donors (Lipinski definition) is 1. The van der Waals surface area contributed by atoms with Crippen LogP contribution >= 0.6 is 0 Å². The highest BCUT2D eigenvalue weighted by Crippen LogP contribution is 2.31. The molecule has 0 unspecified atom stereocenters. The van der Waals surface area contributed by atoms with Gasteiger partial charge in [-0.25, -0.2) is 8.42 Å². The number of anilines is 1. The van der Waals surface area contributed by atoms with Crippen LogP contribution in [0.4, 0.5) is 5.69 Å². The molecule has 0 fully saturated rings. The number of amides is 1. The fraction of sp³-hybridized carbons (Fsp3) is 0.381. The van der Waals surface area contributed by atoms with Crippen molar-refractivity contribution in [2.24, 2.45) is 0 Å². The maximum atomic E-state index is 13.5. The third-order valence-corrected chi connectivity index (χ3v) is 6.11. The van der Waals surface area contributed by atoms with Crippen molar-refractivity contribution in [1.82, 2.24) is 5.32 Å². The van der Waals surface area contributed by atoms with Crippen LogP contribution in [0.2, 0.25) is 0 Å². The lowest BCUT2D eigenvalue weighted by molar-refractivity contribution is -0.119. The Morgan fingerprint density at radius 1 is 1.07 bits per heavy atom. The highest BCUT2D eigenvalue weighted by Gasteiger charge is 2.30. The first-order valence-corrected chi connectivity index (χ1v) is 10.7. The summed E-state index contributed by atoms with van der Waals surface area (Å²) < 4.78 is 38.4. The van der Waals surface area contributed by atoms with E-state index in [0.717, 1.165) is 15.4 Å². The Kier molecular flexibility index (Phi) is 8.04. The highest BCUT2D eigenvalue weighted by atomic mass is 32.2. The Balaban J connectivity index is 2.42. The minimum Gasteiger partial charge on any atom is -0.495 e. The van der Waals surface area contributed by atoms with Crippen molar-refractivity contribution in [3.63, 3.8) is 0 Å². The number of benzene rings is 2. The molecule has 0 atom stereocenters. The molecule has 0 spiro atoms. The second-order valence-electron chi connectivity index (χ2n) is 6.70. The predicted octanol–water partition coefficient (Wildman–Crippen LogP) is 2.66. The third kappa shape index (κ3) is 5.95. The van der Waals surface area contributed by atoms with Gasteiger partial charge >= 0.3 is 0 Å². The quantitative estimate of drug-likeness (QED) is 0.598. The zero-order valence-corrected chi connectivity index (χ0v) is 18.1. The maximum Gasteiger partial charge on any atom is 0.268 e. The number of carbonyl (C=O) groups is 1. The van der Waals surface area contributed by atoms with E-state index in [0.29, 0.717) is 25.3 Å². The summed E-state index contributed by atoms with van der Waals surface area (Å²) in [5.41, 5.74) is 2.08. The first-order valence-electron chi connectivity index (χ1n) is 9.29. The Morgan fingerprint density at radius 3 is 2.45 bits per heavy atom. The van der Waals surface area contributed by atoms with E-state index in [9.17, 15) is 13.2 Å². The molecule has 2 rings (SSSR count). The zero-order valence-electron chi connectivity index (χ0n) is 17.3. The van der Waals surface area contributed by atoms with E-state index in [1.807, 2.05) is 13.0 Å². The molecule has 158 valence electrons. The van der Waals surface area contributed by atoms with Crippen LogP contribution in [0.1, 0.15) is 17.5 Å². The van der Waals surface area contributed by atoms with Crippen LogP contribution < -0.4 is 14.4 Å². The number of hydrogen-bond acceptors (Lipinski definition) is 5. The van der Waals surface area contributed by atoms with Gasteiger partial charge in [-0.15, -0.1) is 0 Å². The molecule has 0 aromatic heterocycles. The number of rotatable bonds is 10. The molecule has 0 bridgehead atoms. The molecule has 2 aromatic rings. The van der Waals surface area contributed by atoms with Crippen molar-refractivity contribution in [3.8, 4) is 5.75 Å². The second-order valence-corrected chi connectivity index (χ2v) is 8.53. The summed E-state index contributed by atoms with van der Waals surface area (Å²) in [5.74, 6) is -0.161. The minimum atomic E-state index is -4.04. The SMILES string of the molecule is COCCCNC(=O)CN(c1cccc(C)c1)S(=O)(=O)c1cc(C)ccc1OC. The molecular formula is C21H28N2O5S. The Hall–Kier alpha value is -2.58. The molecule has 0 heterocycles. The predicted molar refractivity (Wildman–Crippen MR) is 113 cm³/mol. The van der Waals surface area contributed by atoms with E-state index in [-0.39, 0.29) is 17.2 Å². The monoisotopic (exact) mass is 420 g/mol. The molecule has 0 aliphatic heterocycles. The van der Waals surface area contributed by atoms with E-state index < -0.39 is 15.9 Å². The van der Waals surface area contributed by atoms with Crippen LogP contribution in [0.3, 0.4) is 0 Å². The van der Waals surface area contributed by atoms with Crippen molar-refractivity contribution in [2.45, 2.75) is 25.2 Å². The molecule has 29 heavy (non-hydrogen) atoms. The van der Waals surface area contributed by atoms with Crippen molar-refractivity contribution >= 4 is 21.6 Å². The average molecular weight is 421 g/mol. The Bertz CT molecular complexity index is 944. The first kappa shape index (κ1) is 22.7. The molecule has 0 saturated carbocycles. The van der Waals surface area contributed by atoms with Crippen molar-refractivity contribution < 1.29 is 22.7 Å². The molecular weight excluding hydrogens is 392 g/mol.